The van der Waals surface area contributed by atoms with Crippen LogP contribution in [-0.4, -0.2) is 5.11 Å². The molecule has 3 nitrogen and oxygen atoms in total. The van der Waals surface area contributed by atoms with Crippen molar-refractivity contribution in [2.45, 2.75) is 6.92 Å². The molecule has 0 saturated carbocycles. The lowest BCUT2D eigenvalue weighted by molar-refractivity contribution is 0.449. The SMILES string of the molecule is C=C(C)C=Cc1cccc2oc(-c3ccccc3)c(O)c(=O)c12. The Kier molecular flexibility index (Phi) is 3.85. The number of fused-ring (bicyclic) bond motifs is 1. The molecule has 3 rings (SSSR count). The molecule has 0 saturated heterocycles. The first kappa shape index (κ1) is 14.9. The number of hydrogen-bond acceptors (Lipinski definition) is 3. The Morgan fingerprint density at radius 1 is 1.13 bits per heavy atom. The summed E-state index contributed by atoms with van der Waals surface area (Å²) in [5.41, 5.74) is 2.22. The van der Waals surface area contributed by atoms with E-state index in [9.17, 15) is 9.90 Å². The molecular weight excluding hydrogens is 288 g/mol. The summed E-state index contributed by atoms with van der Waals surface area (Å²) in [6.07, 6.45) is 3.61. The molecule has 1 N–H and O–H groups in total. The third-order valence-electron chi connectivity index (χ3n) is 3.51. The molecule has 0 fully saturated rings. The first-order valence-corrected chi connectivity index (χ1v) is 7.25. The van der Waals surface area contributed by atoms with Gasteiger partial charge in [-0.2, -0.15) is 0 Å². The van der Waals surface area contributed by atoms with Crippen molar-refractivity contribution in [3.63, 3.8) is 0 Å². The van der Waals surface area contributed by atoms with E-state index in [4.69, 9.17) is 4.42 Å². The zero-order chi connectivity index (χ0) is 16.4. The van der Waals surface area contributed by atoms with Gasteiger partial charge in [0.05, 0.1) is 5.39 Å². The van der Waals surface area contributed by atoms with Crippen LogP contribution in [-0.2, 0) is 0 Å². The second kappa shape index (κ2) is 5.97. The Hall–Kier alpha value is -3.07. The highest BCUT2D eigenvalue weighted by atomic mass is 16.4. The van der Waals surface area contributed by atoms with Crippen LogP contribution in [0.2, 0.25) is 0 Å². The van der Waals surface area contributed by atoms with Gasteiger partial charge < -0.3 is 9.52 Å². The van der Waals surface area contributed by atoms with Crippen molar-refractivity contribution in [1.82, 2.24) is 0 Å². The van der Waals surface area contributed by atoms with Crippen molar-refractivity contribution in [3.8, 4) is 17.1 Å². The van der Waals surface area contributed by atoms with E-state index >= 15 is 0 Å². The Labute approximate surface area is 133 Å². The molecule has 0 aliphatic carbocycles. The monoisotopic (exact) mass is 304 g/mol. The van der Waals surface area contributed by atoms with Gasteiger partial charge in [0.2, 0.25) is 11.2 Å². The van der Waals surface area contributed by atoms with Crippen molar-refractivity contribution < 1.29 is 9.52 Å². The Morgan fingerprint density at radius 3 is 2.57 bits per heavy atom. The van der Waals surface area contributed by atoms with Gasteiger partial charge in [0, 0.05) is 5.56 Å². The summed E-state index contributed by atoms with van der Waals surface area (Å²) in [5, 5.41) is 10.7. The number of hydrogen-bond donors (Lipinski definition) is 1. The Balaban J connectivity index is 2.29. The molecule has 2 aromatic carbocycles. The summed E-state index contributed by atoms with van der Waals surface area (Å²) < 4.78 is 5.80. The topological polar surface area (TPSA) is 50.4 Å². The van der Waals surface area contributed by atoms with Crippen LogP contribution < -0.4 is 5.43 Å². The first-order chi connectivity index (χ1) is 11.1. The van der Waals surface area contributed by atoms with Crippen LogP contribution in [0.4, 0.5) is 0 Å². The fourth-order valence-corrected chi connectivity index (χ4v) is 2.41. The van der Waals surface area contributed by atoms with Crippen LogP contribution in [0.25, 0.3) is 28.4 Å². The van der Waals surface area contributed by atoms with Gasteiger partial charge in [-0.05, 0) is 18.6 Å². The molecule has 0 bridgehead atoms. The summed E-state index contributed by atoms with van der Waals surface area (Å²) in [6, 6.07) is 14.4. The molecule has 0 spiro atoms. The molecule has 23 heavy (non-hydrogen) atoms. The van der Waals surface area contributed by atoms with Crippen molar-refractivity contribution in [3.05, 3.63) is 82.5 Å². The minimum atomic E-state index is -0.438. The molecule has 3 aromatic rings. The molecule has 0 aliphatic rings. The Morgan fingerprint density at radius 2 is 1.87 bits per heavy atom. The minimum Gasteiger partial charge on any atom is -0.502 e. The second-order valence-electron chi connectivity index (χ2n) is 5.38. The molecule has 0 amide bonds. The quantitative estimate of drug-likeness (QED) is 0.710. The molecule has 1 heterocycles. The zero-order valence-electron chi connectivity index (χ0n) is 12.7. The lowest BCUT2D eigenvalue weighted by atomic mass is 10.1. The first-order valence-electron chi connectivity index (χ1n) is 7.25. The molecule has 3 heteroatoms. The lowest BCUT2D eigenvalue weighted by Gasteiger charge is -2.07. The normalized spacial score (nSPS) is 11.2. The minimum absolute atomic E-state index is 0.184. The summed E-state index contributed by atoms with van der Waals surface area (Å²) in [4.78, 5) is 12.6. The van der Waals surface area contributed by atoms with E-state index in [1.165, 1.54) is 0 Å². The lowest BCUT2D eigenvalue weighted by Crippen LogP contribution is -2.04. The van der Waals surface area contributed by atoms with Gasteiger partial charge in [0.1, 0.15) is 5.58 Å². The van der Waals surface area contributed by atoms with Crippen LogP contribution in [0.5, 0.6) is 5.75 Å². The maximum absolute atomic E-state index is 12.6. The van der Waals surface area contributed by atoms with Crippen LogP contribution in [0.1, 0.15) is 12.5 Å². The number of allylic oxidation sites excluding steroid dienone is 2. The van der Waals surface area contributed by atoms with Gasteiger partial charge in [-0.15, -0.1) is 0 Å². The predicted octanol–water partition coefficient (Wildman–Crippen LogP) is 4.75. The standard InChI is InChI=1S/C20H16O3/c1-13(2)11-12-14-9-6-10-16-17(14)18(21)19(22)20(23-16)15-7-4-3-5-8-15/h3-12,22H,1H2,2H3. The van der Waals surface area contributed by atoms with Gasteiger partial charge >= 0.3 is 0 Å². The van der Waals surface area contributed by atoms with Gasteiger partial charge in [-0.3, -0.25) is 4.79 Å². The van der Waals surface area contributed by atoms with Crippen molar-refractivity contribution in [1.29, 1.82) is 0 Å². The molecule has 0 atom stereocenters. The predicted molar refractivity (Wildman–Crippen MR) is 93.4 cm³/mol. The van der Waals surface area contributed by atoms with Crippen LogP contribution in [0.3, 0.4) is 0 Å². The number of aromatic hydroxyl groups is 1. The highest BCUT2D eigenvalue weighted by Gasteiger charge is 2.16. The third-order valence-corrected chi connectivity index (χ3v) is 3.51. The van der Waals surface area contributed by atoms with E-state index < -0.39 is 5.43 Å². The van der Waals surface area contributed by atoms with Gasteiger partial charge in [0.15, 0.2) is 5.76 Å². The van der Waals surface area contributed by atoms with E-state index in [2.05, 4.69) is 6.58 Å². The van der Waals surface area contributed by atoms with Crippen molar-refractivity contribution >= 4 is 17.0 Å². The van der Waals surface area contributed by atoms with Crippen LogP contribution in [0.15, 0.2) is 76.0 Å². The maximum atomic E-state index is 12.6. The summed E-state index contributed by atoms with van der Waals surface area (Å²) in [6.45, 7) is 5.68. The number of rotatable bonds is 3. The van der Waals surface area contributed by atoms with Gasteiger partial charge in [-0.1, -0.05) is 66.8 Å². The molecular formula is C20H16O3. The smallest absolute Gasteiger partial charge is 0.235 e. The second-order valence-corrected chi connectivity index (χ2v) is 5.38. The fraction of sp³-hybridized carbons (Fsp3) is 0.0500. The molecule has 0 unspecified atom stereocenters. The van der Waals surface area contributed by atoms with E-state index in [0.717, 1.165) is 5.57 Å². The van der Waals surface area contributed by atoms with E-state index in [1.807, 2.05) is 37.3 Å². The Bertz CT molecular complexity index is 963. The molecule has 0 radical (unpaired) electrons. The van der Waals surface area contributed by atoms with Crippen LogP contribution in [0, 0.1) is 0 Å². The van der Waals surface area contributed by atoms with Gasteiger partial charge in [-0.25, -0.2) is 0 Å². The van der Waals surface area contributed by atoms with Gasteiger partial charge in [0.25, 0.3) is 0 Å². The molecule has 1 aromatic heterocycles. The summed E-state index contributed by atoms with van der Waals surface area (Å²) in [5.74, 6) is -0.191. The summed E-state index contributed by atoms with van der Waals surface area (Å²) >= 11 is 0. The van der Waals surface area contributed by atoms with E-state index in [0.29, 0.717) is 22.1 Å². The zero-order valence-corrected chi connectivity index (χ0v) is 12.7. The van der Waals surface area contributed by atoms with E-state index in [1.54, 1.807) is 30.3 Å². The average molecular weight is 304 g/mol. The maximum Gasteiger partial charge on any atom is 0.235 e. The van der Waals surface area contributed by atoms with E-state index in [-0.39, 0.29) is 11.5 Å². The third kappa shape index (κ3) is 2.81. The molecule has 0 aliphatic heterocycles. The largest absolute Gasteiger partial charge is 0.502 e. The summed E-state index contributed by atoms with van der Waals surface area (Å²) in [7, 11) is 0. The molecule has 114 valence electrons. The highest BCUT2D eigenvalue weighted by Crippen LogP contribution is 2.31. The van der Waals surface area contributed by atoms with Crippen molar-refractivity contribution in [2.75, 3.05) is 0 Å². The number of benzene rings is 2. The van der Waals surface area contributed by atoms with Crippen molar-refractivity contribution in [2.24, 2.45) is 0 Å². The fourth-order valence-electron chi connectivity index (χ4n) is 2.41. The highest BCUT2D eigenvalue weighted by molar-refractivity contribution is 5.89. The van der Waals surface area contributed by atoms with Crippen LogP contribution >= 0.6 is 0 Å². The average Bonchev–Trinajstić information content (AvgIpc) is 2.56.